The van der Waals surface area contributed by atoms with Gasteiger partial charge >= 0.3 is 5.97 Å². The maximum atomic E-state index is 13.5. The van der Waals surface area contributed by atoms with Gasteiger partial charge in [-0.1, -0.05) is 41.9 Å². The van der Waals surface area contributed by atoms with Crippen molar-refractivity contribution in [2.24, 2.45) is 5.10 Å². The van der Waals surface area contributed by atoms with E-state index >= 15 is 0 Å². The van der Waals surface area contributed by atoms with Crippen LogP contribution in [0.15, 0.2) is 99.3 Å². The Kier molecular flexibility index (Phi) is 9.43. The zero-order valence-corrected chi connectivity index (χ0v) is 23.7. The average Bonchev–Trinajstić information content (AvgIpc) is 3.45. The van der Waals surface area contributed by atoms with E-state index in [1.165, 1.54) is 43.7 Å². The summed E-state index contributed by atoms with van der Waals surface area (Å²) in [6, 6.07) is 22.2. The number of rotatable bonds is 11. The Morgan fingerprint density at radius 3 is 2.41 bits per heavy atom. The van der Waals surface area contributed by atoms with Crippen molar-refractivity contribution >= 4 is 45.4 Å². The predicted octanol–water partition coefficient (Wildman–Crippen LogP) is 5.13. The van der Waals surface area contributed by atoms with E-state index < -0.39 is 28.4 Å². The zero-order valence-electron chi connectivity index (χ0n) is 22.1. The summed E-state index contributed by atoms with van der Waals surface area (Å²) in [5, 5.41) is 4.09. The van der Waals surface area contributed by atoms with Crippen LogP contribution in [0.25, 0.3) is 11.3 Å². The number of amides is 1. The summed E-state index contributed by atoms with van der Waals surface area (Å²) in [4.78, 5) is 24.6. The number of hydrogen-bond acceptors (Lipinski definition) is 8. The number of benzene rings is 3. The SMILES string of the molecule is CCOC(=O)c1ccc(-c2ccc(/C=N\NC(=O)CN(c3ccc(OC)c(Cl)c3)S(=O)(=O)c3ccccc3)o2)cc1. The van der Waals surface area contributed by atoms with Crippen LogP contribution in [0.3, 0.4) is 0 Å². The molecule has 0 aliphatic heterocycles. The second-order valence-corrected chi connectivity index (χ2v) is 10.7. The quantitative estimate of drug-likeness (QED) is 0.145. The highest BCUT2D eigenvalue weighted by molar-refractivity contribution is 7.92. The Labute approximate surface area is 242 Å². The predicted molar refractivity (Wildman–Crippen MR) is 155 cm³/mol. The monoisotopic (exact) mass is 595 g/mol. The lowest BCUT2D eigenvalue weighted by Gasteiger charge is -2.24. The summed E-state index contributed by atoms with van der Waals surface area (Å²) in [5.74, 6) is 0.103. The first kappa shape index (κ1) is 29.4. The van der Waals surface area contributed by atoms with E-state index in [0.717, 1.165) is 9.87 Å². The molecule has 212 valence electrons. The number of nitrogens with one attached hydrogen (secondary N) is 1. The van der Waals surface area contributed by atoms with E-state index in [1.807, 2.05) is 0 Å². The summed E-state index contributed by atoms with van der Waals surface area (Å²) < 4.78 is 43.7. The Hall–Kier alpha value is -4.61. The van der Waals surface area contributed by atoms with Gasteiger partial charge in [-0.3, -0.25) is 9.10 Å². The molecule has 0 saturated carbocycles. The second-order valence-electron chi connectivity index (χ2n) is 8.44. The molecule has 0 aliphatic carbocycles. The molecule has 0 unspecified atom stereocenters. The smallest absolute Gasteiger partial charge is 0.338 e. The van der Waals surface area contributed by atoms with Crippen LogP contribution in [0.2, 0.25) is 5.02 Å². The van der Waals surface area contributed by atoms with Crippen molar-refractivity contribution in [3.05, 3.63) is 101 Å². The number of hydrazone groups is 1. The van der Waals surface area contributed by atoms with Gasteiger partial charge in [-0.2, -0.15) is 5.10 Å². The summed E-state index contributed by atoms with van der Waals surface area (Å²) in [6.07, 6.45) is 1.29. The van der Waals surface area contributed by atoms with Gasteiger partial charge in [0.05, 0.1) is 41.1 Å². The molecular weight excluding hydrogens is 570 g/mol. The van der Waals surface area contributed by atoms with Crippen molar-refractivity contribution in [1.82, 2.24) is 5.43 Å². The van der Waals surface area contributed by atoms with Gasteiger partial charge in [-0.25, -0.2) is 18.6 Å². The molecule has 0 bridgehead atoms. The topological polar surface area (TPSA) is 128 Å². The number of sulfonamides is 1. The molecule has 0 radical (unpaired) electrons. The van der Waals surface area contributed by atoms with Gasteiger partial charge in [0.25, 0.3) is 15.9 Å². The Balaban J connectivity index is 1.47. The lowest BCUT2D eigenvalue weighted by Crippen LogP contribution is -2.39. The number of hydrogen-bond donors (Lipinski definition) is 1. The van der Waals surface area contributed by atoms with Gasteiger partial charge in [0, 0.05) is 5.56 Å². The number of halogens is 1. The van der Waals surface area contributed by atoms with Crippen molar-refractivity contribution in [3.8, 4) is 17.1 Å². The molecule has 4 aromatic rings. The zero-order chi connectivity index (χ0) is 29.4. The highest BCUT2D eigenvalue weighted by Gasteiger charge is 2.27. The van der Waals surface area contributed by atoms with Crippen molar-refractivity contribution in [3.63, 3.8) is 0 Å². The molecule has 1 amide bonds. The number of nitrogens with zero attached hydrogens (tertiary/aromatic N) is 2. The number of ether oxygens (including phenoxy) is 2. The van der Waals surface area contributed by atoms with Crippen LogP contribution >= 0.6 is 11.6 Å². The van der Waals surface area contributed by atoms with E-state index in [9.17, 15) is 18.0 Å². The van der Waals surface area contributed by atoms with E-state index in [-0.39, 0.29) is 22.2 Å². The first-order valence-corrected chi connectivity index (χ1v) is 14.2. The van der Waals surface area contributed by atoms with Crippen molar-refractivity contribution in [2.75, 3.05) is 24.6 Å². The van der Waals surface area contributed by atoms with Crippen LogP contribution in [0.4, 0.5) is 5.69 Å². The first-order valence-electron chi connectivity index (χ1n) is 12.3. The highest BCUT2D eigenvalue weighted by Crippen LogP contribution is 2.32. The number of furan rings is 1. The third-order valence-corrected chi connectivity index (χ3v) is 7.81. The molecule has 4 rings (SSSR count). The minimum Gasteiger partial charge on any atom is -0.495 e. The highest BCUT2D eigenvalue weighted by atomic mass is 35.5. The normalized spacial score (nSPS) is 11.3. The van der Waals surface area contributed by atoms with Gasteiger partial charge in [0.15, 0.2) is 0 Å². The maximum Gasteiger partial charge on any atom is 0.338 e. The van der Waals surface area contributed by atoms with Gasteiger partial charge < -0.3 is 13.9 Å². The minimum atomic E-state index is -4.13. The van der Waals surface area contributed by atoms with Gasteiger partial charge in [0.2, 0.25) is 0 Å². The molecule has 10 nitrogen and oxygen atoms in total. The molecule has 3 aromatic carbocycles. The lowest BCUT2D eigenvalue weighted by atomic mass is 10.1. The Bertz CT molecular complexity index is 1650. The Morgan fingerprint density at radius 2 is 1.76 bits per heavy atom. The molecule has 1 aromatic heterocycles. The second kappa shape index (κ2) is 13.2. The third-order valence-electron chi connectivity index (χ3n) is 5.73. The molecule has 0 saturated heterocycles. The van der Waals surface area contributed by atoms with E-state index in [0.29, 0.717) is 22.8 Å². The van der Waals surface area contributed by atoms with E-state index in [2.05, 4.69) is 10.5 Å². The molecule has 0 atom stereocenters. The van der Waals surface area contributed by atoms with Gasteiger partial charge in [0.1, 0.15) is 23.8 Å². The fraction of sp³-hybridized carbons (Fsp3) is 0.138. The summed E-state index contributed by atoms with van der Waals surface area (Å²) in [5.41, 5.74) is 3.64. The molecule has 1 N–H and O–H groups in total. The van der Waals surface area contributed by atoms with Crippen LogP contribution < -0.4 is 14.5 Å². The van der Waals surface area contributed by atoms with Gasteiger partial charge in [-0.15, -0.1) is 0 Å². The fourth-order valence-electron chi connectivity index (χ4n) is 3.74. The standard InChI is InChI=1S/C29H26ClN3O7S/c1-3-39-29(35)21-11-9-20(10-12-21)26-16-14-23(40-26)18-31-32-28(34)19-33(22-13-15-27(38-2)25(30)17-22)41(36,37)24-7-5-4-6-8-24/h4-18H,3,19H2,1-2H3,(H,32,34)/b31-18-. The molecular formula is C29H26ClN3O7S. The summed E-state index contributed by atoms with van der Waals surface area (Å²) >= 11 is 6.24. The van der Waals surface area contributed by atoms with Crippen LogP contribution in [0, 0.1) is 0 Å². The summed E-state index contributed by atoms with van der Waals surface area (Å²) in [7, 11) is -2.69. The van der Waals surface area contributed by atoms with Crippen molar-refractivity contribution < 1.29 is 31.9 Å². The lowest BCUT2D eigenvalue weighted by molar-refractivity contribution is -0.119. The maximum absolute atomic E-state index is 13.5. The minimum absolute atomic E-state index is 0.00152. The molecule has 0 spiro atoms. The molecule has 0 aliphatic rings. The average molecular weight is 596 g/mol. The molecule has 41 heavy (non-hydrogen) atoms. The first-order chi connectivity index (χ1) is 19.7. The third kappa shape index (κ3) is 7.13. The van der Waals surface area contributed by atoms with Crippen molar-refractivity contribution in [1.29, 1.82) is 0 Å². The molecule has 12 heteroatoms. The largest absolute Gasteiger partial charge is 0.495 e. The Morgan fingerprint density at radius 1 is 1.02 bits per heavy atom. The summed E-state index contributed by atoms with van der Waals surface area (Å²) in [6.45, 7) is 1.45. The molecule has 1 heterocycles. The fourth-order valence-corrected chi connectivity index (χ4v) is 5.43. The van der Waals surface area contributed by atoms with E-state index in [1.54, 1.807) is 61.5 Å². The van der Waals surface area contributed by atoms with Crippen LogP contribution in [0.5, 0.6) is 5.75 Å². The molecule has 0 fully saturated rings. The van der Waals surface area contributed by atoms with E-state index in [4.69, 9.17) is 25.5 Å². The number of anilines is 1. The number of carbonyl (C=O) groups excluding carboxylic acids is 2. The number of esters is 1. The van der Waals surface area contributed by atoms with Crippen LogP contribution in [-0.4, -0.2) is 46.8 Å². The van der Waals surface area contributed by atoms with Crippen LogP contribution in [-0.2, 0) is 19.6 Å². The number of carbonyl (C=O) groups is 2. The van der Waals surface area contributed by atoms with Crippen molar-refractivity contribution in [2.45, 2.75) is 11.8 Å². The van der Waals surface area contributed by atoms with Crippen LogP contribution in [0.1, 0.15) is 23.0 Å². The van der Waals surface area contributed by atoms with Gasteiger partial charge in [-0.05, 0) is 61.5 Å². The number of methoxy groups -OCH3 is 1.